The molecule has 32 heavy (non-hydrogen) atoms. The number of carbonyl (C=O) groups excluding carboxylic acids is 2. The highest BCUT2D eigenvalue weighted by atomic mass is 16.5. The molecular weight excluding hydrogens is 408 g/mol. The molecule has 0 aliphatic heterocycles. The predicted molar refractivity (Wildman–Crippen MR) is 125 cm³/mol. The van der Waals surface area contributed by atoms with E-state index in [1.165, 1.54) is 20.3 Å². The van der Waals surface area contributed by atoms with Crippen molar-refractivity contribution in [2.75, 3.05) is 32.0 Å². The summed E-state index contributed by atoms with van der Waals surface area (Å²) in [4.78, 5) is 25.0. The third-order valence-electron chi connectivity index (χ3n) is 4.58. The van der Waals surface area contributed by atoms with Gasteiger partial charge in [-0.2, -0.15) is 0 Å². The average Bonchev–Trinajstić information content (AvgIpc) is 2.83. The van der Waals surface area contributed by atoms with E-state index in [0.717, 1.165) is 5.56 Å². The number of ether oxygens (including phenoxy) is 3. The van der Waals surface area contributed by atoms with Gasteiger partial charge in [-0.3, -0.25) is 9.59 Å². The maximum Gasteiger partial charge on any atom is 0.255 e. The summed E-state index contributed by atoms with van der Waals surface area (Å²) in [7, 11) is 4.54. The fraction of sp³-hybridized carbons (Fsp3) is 0.120. The van der Waals surface area contributed by atoms with E-state index in [2.05, 4.69) is 10.6 Å². The second-order valence-corrected chi connectivity index (χ2v) is 6.67. The summed E-state index contributed by atoms with van der Waals surface area (Å²) >= 11 is 0. The zero-order valence-electron chi connectivity index (χ0n) is 18.0. The Kier molecular flexibility index (Phi) is 7.48. The second-order valence-electron chi connectivity index (χ2n) is 6.67. The fourth-order valence-electron chi connectivity index (χ4n) is 2.97. The fourth-order valence-corrected chi connectivity index (χ4v) is 2.97. The summed E-state index contributed by atoms with van der Waals surface area (Å²) < 4.78 is 16.0. The summed E-state index contributed by atoms with van der Waals surface area (Å²) in [5.74, 6) is 0.810. The molecule has 3 aromatic rings. The molecule has 2 N–H and O–H groups in total. The number of anilines is 2. The Bertz CT molecular complexity index is 1130. The molecule has 0 spiro atoms. The molecule has 3 aromatic carbocycles. The lowest BCUT2D eigenvalue weighted by molar-refractivity contribution is -0.111. The number of hydrogen-bond acceptors (Lipinski definition) is 5. The first-order chi connectivity index (χ1) is 15.5. The van der Waals surface area contributed by atoms with Crippen LogP contribution in [0.15, 0.2) is 72.8 Å². The van der Waals surface area contributed by atoms with Crippen molar-refractivity contribution in [3.8, 4) is 17.2 Å². The van der Waals surface area contributed by atoms with Crippen LogP contribution in [0, 0.1) is 0 Å². The lowest BCUT2D eigenvalue weighted by atomic mass is 10.2. The zero-order valence-corrected chi connectivity index (χ0v) is 18.0. The molecule has 7 nitrogen and oxygen atoms in total. The van der Waals surface area contributed by atoms with E-state index in [-0.39, 0.29) is 11.8 Å². The first-order valence-corrected chi connectivity index (χ1v) is 9.79. The molecule has 0 unspecified atom stereocenters. The van der Waals surface area contributed by atoms with E-state index in [9.17, 15) is 9.59 Å². The molecule has 0 atom stereocenters. The van der Waals surface area contributed by atoms with Gasteiger partial charge in [0.2, 0.25) is 5.91 Å². The Morgan fingerprint density at radius 2 is 1.41 bits per heavy atom. The summed E-state index contributed by atoms with van der Waals surface area (Å²) in [6.45, 7) is 0. The molecule has 3 rings (SSSR count). The van der Waals surface area contributed by atoms with E-state index in [1.54, 1.807) is 49.6 Å². The highest BCUT2D eigenvalue weighted by molar-refractivity contribution is 6.06. The summed E-state index contributed by atoms with van der Waals surface area (Å²) in [6.07, 6.45) is 3.09. The van der Waals surface area contributed by atoms with Crippen molar-refractivity contribution in [2.24, 2.45) is 0 Å². The first-order valence-electron chi connectivity index (χ1n) is 9.79. The minimum atomic E-state index is -0.353. The molecule has 0 saturated heterocycles. The largest absolute Gasteiger partial charge is 0.497 e. The number of methoxy groups -OCH3 is 3. The van der Waals surface area contributed by atoms with Crippen LogP contribution < -0.4 is 24.8 Å². The van der Waals surface area contributed by atoms with E-state index < -0.39 is 0 Å². The van der Waals surface area contributed by atoms with Crippen LogP contribution in [0.2, 0.25) is 0 Å². The van der Waals surface area contributed by atoms with Gasteiger partial charge >= 0.3 is 0 Å². The molecule has 0 aliphatic carbocycles. The van der Waals surface area contributed by atoms with Crippen molar-refractivity contribution in [1.29, 1.82) is 0 Å². The number of amides is 2. The maximum atomic E-state index is 12.5. The van der Waals surface area contributed by atoms with Crippen molar-refractivity contribution in [2.45, 2.75) is 0 Å². The number of rotatable bonds is 8. The van der Waals surface area contributed by atoms with Crippen molar-refractivity contribution in [3.05, 3.63) is 83.9 Å². The molecule has 0 fully saturated rings. The van der Waals surface area contributed by atoms with Crippen molar-refractivity contribution in [1.82, 2.24) is 0 Å². The van der Waals surface area contributed by atoms with Crippen LogP contribution in [0.4, 0.5) is 11.4 Å². The van der Waals surface area contributed by atoms with Crippen molar-refractivity contribution in [3.63, 3.8) is 0 Å². The third kappa shape index (κ3) is 5.66. The molecule has 7 heteroatoms. The Morgan fingerprint density at radius 1 is 0.750 bits per heavy atom. The molecule has 0 saturated carbocycles. The van der Waals surface area contributed by atoms with Gasteiger partial charge in [0.1, 0.15) is 17.2 Å². The van der Waals surface area contributed by atoms with Crippen LogP contribution in [0.3, 0.4) is 0 Å². The Morgan fingerprint density at radius 3 is 2.03 bits per heavy atom. The van der Waals surface area contributed by atoms with Crippen LogP contribution >= 0.6 is 0 Å². The minimum absolute atomic E-state index is 0.288. The summed E-state index contributed by atoms with van der Waals surface area (Å²) in [6, 6.07) is 19.4. The highest BCUT2D eigenvalue weighted by Gasteiger charge is 2.15. The SMILES string of the molecule is COc1cccc(/C=C/C(=O)Nc2cc(OC)c(NC(=O)c3ccccc3)cc2OC)c1. The lowest BCUT2D eigenvalue weighted by Gasteiger charge is -2.16. The van der Waals surface area contributed by atoms with Crippen LogP contribution in [0.1, 0.15) is 15.9 Å². The van der Waals surface area contributed by atoms with Gasteiger partial charge in [-0.1, -0.05) is 30.3 Å². The molecular formula is C25H24N2O5. The molecule has 0 aromatic heterocycles. The van der Waals surface area contributed by atoms with Gasteiger partial charge in [0.25, 0.3) is 5.91 Å². The van der Waals surface area contributed by atoms with Crippen molar-refractivity contribution < 1.29 is 23.8 Å². The van der Waals surface area contributed by atoms with Gasteiger partial charge in [-0.15, -0.1) is 0 Å². The number of carbonyl (C=O) groups is 2. The summed E-state index contributed by atoms with van der Waals surface area (Å²) in [5, 5.41) is 5.58. The van der Waals surface area contributed by atoms with Gasteiger partial charge in [0.15, 0.2) is 0 Å². The number of nitrogens with one attached hydrogen (secondary N) is 2. The molecule has 0 aliphatic rings. The standard InChI is InChI=1S/C25H24N2O5/c1-30-19-11-7-8-17(14-19)12-13-24(28)26-20-15-23(32-3)21(16-22(20)31-2)27-25(29)18-9-5-4-6-10-18/h4-16H,1-3H3,(H,26,28)(H,27,29)/b13-12+. The monoisotopic (exact) mass is 432 g/mol. The maximum absolute atomic E-state index is 12.5. The first kappa shape index (κ1) is 22.4. The minimum Gasteiger partial charge on any atom is -0.497 e. The van der Waals surface area contributed by atoms with Crippen LogP contribution in [0.5, 0.6) is 17.2 Å². The predicted octanol–water partition coefficient (Wildman–Crippen LogP) is 4.62. The van der Waals surface area contributed by atoms with Crippen LogP contribution in [-0.4, -0.2) is 33.1 Å². The number of hydrogen-bond donors (Lipinski definition) is 2. The lowest BCUT2D eigenvalue weighted by Crippen LogP contribution is -2.14. The van der Waals surface area contributed by atoms with Gasteiger partial charge in [0.05, 0.1) is 32.7 Å². The average molecular weight is 432 g/mol. The van der Waals surface area contributed by atoms with Gasteiger partial charge in [0, 0.05) is 23.8 Å². The Labute approximate surface area is 186 Å². The molecule has 0 radical (unpaired) electrons. The van der Waals surface area contributed by atoms with E-state index in [1.807, 2.05) is 30.3 Å². The normalized spacial score (nSPS) is 10.5. The zero-order chi connectivity index (χ0) is 22.9. The quantitative estimate of drug-likeness (QED) is 0.508. The van der Waals surface area contributed by atoms with Gasteiger partial charge < -0.3 is 24.8 Å². The third-order valence-corrected chi connectivity index (χ3v) is 4.58. The Hall–Kier alpha value is -4.26. The molecule has 2 amide bonds. The van der Waals surface area contributed by atoms with Gasteiger partial charge in [-0.25, -0.2) is 0 Å². The highest BCUT2D eigenvalue weighted by Crippen LogP contribution is 2.36. The smallest absolute Gasteiger partial charge is 0.255 e. The summed E-state index contributed by atoms with van der Waals surface area (Å²) in [5.41, 5.74) is 2.15. The topological polar surface area (TPSA) is 85.9 Å². The number of benzene rings is 3. The van der Waals surface area contributed by atoms with E-state index in [4.69, 9.17) is 14.2 Å². The second kappa shape index (κ2) is 10.7. The van der Waals surface area contributed by atoms with E-state index in [0.29, 0.717) is 34.2 Å². The molecule has 0 heterocycles. The molecule has 0 bridgehead atoms. The van der Waals surface area contributed by atoms with E-state index >= 15 is 0 Å². The Balaban J connectivity index is 1.78. The van der Waals surface area contributed by atoms with Crippen LogP contribution in [0.25, 0.3) is 6.08 Å². The van der Waals surface area contributed by atoms with Crippen LogP contribution in [-0.2, 0) is 4.79 Å². The van der Waals surface area contributed by atoms with Gasteiger partial charge in [-0.05, 0) is 35.9 Å². The molecule has 164 valence electrons. The van der Waals surface area contributed by atoms with Crippen molar-refractivity contribution >= 4 is 29.3 Å².